The fraction of sp³-hybridized carbons (Fsp3) is 0. The van der Waals surface area contributed by atoms with Crippen LogP contribution in [-0.2, 0) is 0 Å². The number of hydrogen-bond acceptors (Lipinski definition) is 3. The molecular formula is C12H12ClN3. The zero-order valence-electron chi connectivity index (χ0n) is 8.58. The lowest BCUT2D eigenvalue weighted by Crippen LogP contribution is -2.06. The van der Waals surface area contributed by atoms with Crippen molar-refractivity contribution in [3.05, 3.63) is 66.0 Å². The van der Waals surface area contributed by atoms with E-state index in [9.17, 15) is 0 Å². The summed E-state index contributed by atoms with van der Waals surface area (Å²) in [7, 11) is 0. The Labute approximate surface area is 100 Å². The maximum absolute atomic E-state index is 5.40. The van der Waals surface area contributed by atoms with Crippen LogP contribution in [0.3, 0.4) is 0 Å². The van der Waals surface area contributed by atoms with Crippen molar-refractivity contribution in [3.63, 3.8) is 0 Å². The third-order valence-corrected chi connectivity index (χ3v) is 2.13. The molecule has 0 spiro atoms. The molecule has 2 rings (SSSR count). The summed E-state index contributed by atoms with van der Waals surface area (Å²) in [6.45, 7) is 0. The summed E-state index contributed by atoms with van der Waals surface area (Å²) in [6, 6.07) is 13.6. The van der Waals surface area contributed by atoms with Gasteiger partial charge in [-0.2, -0.15) is 5.10 Å². The second-order valence-electron chi connectivity index (χ2n) is 3.08. The third kappa shape index (κ3) is 2.58. The highest BCUT2D eigenvalue weighted by atomic mass is 35.5. The van der Waals surface area contributed by atoms with E-state index in [0.717, 1.165) is 16.8 Å². The number of hydrogen-bond donors (Lipinski definition) is 1. The number of hydrazone groups is 1. The van der Waals surface area contributed by atoms with Crippen molar-refractivity contribution in [3.8, 4) is 0 Å². The van der Waals surface area contributed by atoms with Crippen LogP contribution in [0.25, 0.3) is 0 Å². The van der Waals surface area contributed by atoms with E-state index in [1.165, 1.54) is 0 Å². The minimum Gasteiger partial charge on any atom is -0.323 e. The monoisotopic (exact) mass is 233 g/mol. The van der Waals surface area contributed by atoms with Gasteiger partial charge < -0.3 is 5.84 Å². The van der Waals surface area contributed by atoms with E-state index in [4.69, 9.17) is 5.84 Å². The lowest BCUT2D eigenvalue weighted by molar-refractivity contribution is 1.23. The van der Waals surface area contributed by atoms with E-state index in [2.05, 4.69) is 10.1 Å². The molecule has 0 saturated heterocycles. The highest BCUT2D eigenvalue weighted by Gasteiger charge is 2.04. The van der Waals surface area contributed by atoms with Gasteiger partial charge in [0.15, 0.2) is 0 Å². The van der Waals surface area contributed by atoms with Crippen LogP contribution >= 0.6 is 12.4 Å². The average Bonchev–Trinajstić information content (AvgIpc) is 2.33. The van der Waals surface area contributed by atoms with Gasteiger partial charge in [0.25, 0.3) is 0 Å². The summed E-state index contributed by atoms with van der Waals surface area (Å²) in [5.41, 5.74) is 2.75. The number of nitrogens with two attached hydrogens (primary N) is 1. The third-order valence-electron chi connectivity index (χ3n) is 2.13. The molecule has 2 aromatic rings. The van der Waals surface area contributed by atoms with Crippen molar-refractivity contribution in [2.45, 2.75) is 0 Å². The Kier molecular flexibility index (Phi) is 4.48. The van der Waals surface area contributed by atoms with E-state index < -0.39 is 0 Å². The first kappa shape index (κ1) is 12.2. The second kappa shape index (κ2) is 5.88. The van der Waals surface area contributed by atoms with Crippen molar-refractivity contribution < 1.29 is 0 Å². The molecule has 2 N–H and O–H groups in total. The lowest BCUT2D eigenvalue weighted by Gasteiger charge is -2.04. The fourth-order valence-corrected chi connectivity index (χ4v) is 1.42. The topological polar surface area (TPSA) is 51.3 Å². The first-order valence-corrected chi connectivity index (χ1v) is 4.65. The molecule has 0 amide bonds. The van der Waals surface area contributed by atoms with Crippen LogP contribution in [0.2, 0.25) is 0 Å². The Morgan fingerprint density at radius 2 is 1.50 bits per heavy atom. The van der Waals surface area contributed by atoms with Crippen molar-refractivity contribution in [2.24, 2.45) is 10.9 Å². The van der Waals surface area contributed by atoms with Crippen molar-refractivity contribution in [1.82, 2.24) is 4.98 Å². The molecule has 1 aromatic carbocycles. The Morgan fingerprint density at radius 1 is 0.938 bits per heavy atom. The van der Waals surface area contributed by atoms with Gasteiger partial charge in [0.1, 0.15) is 0 Å². The van der Waals surface area contributed by atoms with Crippen LogP contribution in [0, 0.1) is 0 Å². The van der Waals surface area contributed by atoms with E-state index in [-0.39, 0.29) is 12.4 Å². The number of halogens is 1. The summed E-state index contributed by atoms with van der Waals surface area (Å²) in [4.78, 5) is 3.96. The van der Waals surface area contributed by atoms with Crippen LogP contribution in [0.5, 0.6) is 0 Å². The zero-order valence-corrected chi connectivity index (χ0v) is 9.39. The predicted molar refractivity (Wildman–Crippen MR) is 67.8 cm³/mol. The number of rotatable bonds is 2. The Balaban J connectivity index is 0.00000128. The highest BCUT2D eigenvalue weighted by Crippen LogP contribution is 2.08. The first-order valence-electron chi connectivity index (χ1n) is 4.65. The van der Waals surface area contributed by atoms with Gasteiger partial charge in [-0.25, -0.2) is 0 Å². The van der Waals surface area contributed by atoms with Crippen molar-refractivity contribution in [1.29, 1.82) is 0 Å². The Bertz CT molecular complexity index is 413. The minimum atomic E-state index is 0. The maximum Gasteiger partial charge on any atom is 0.0972 e. The second-order valence-corrected chi connectivity index (χ2v) is 3.08. The molecule has 0 bridgehead atoms. The summed E-state index contributed by atoms with van der Waals surface area (Å²) in [5.74, 6) is 5.40. The molecule has 0 aliphatic rings. The average molecular weight is 234 g/mol. The molecule has 0 aliphatic carbocycles. The Hall–Kier alpha value is -1.87. The molecule has 0 unspecified atom stereocenters. The normalized spacial score (nSPS) is 10.6. The van der Waals surface area contributed by atoms with E-state index in [1.807, 2.05) is 42.5 Å². The molecule has 0 atom stereocenters. The summed E-state index contributed by atoms with van der Waals surface area (Å²) in [5, 5.41) is 3.82. The van der Waals surface area contributed by atoms with Gasteiger partial charge in [0.05, 0.1) is 5.71 Å². The SMILES string of the molecule is Cl.NN=C(c1ccccc1)c1ccncc1. The fourth-order valence-electron chi connectivity index (χ4n) is 1.42. The smallest absolute Gasteiger partial charge is 0.0972 e. The number of aromatic nitrogens is 1. The minimum absolute atomic E-state index is 0. The van der Waals surface area contributed by atoms with Gasteiger partial charge in [-0.05, 0) is 12.1 Å². The van der Waals surface area contributed by atoms with Gasteiger partial charge >= 0.3 is 0 Å². The molecule has 0 fully saturated rings. The highest BCUT2D eigenvalue weighted by molar-refractivity contribution is 6.12. The van der Waals surface area contributed by atoms with Gasteiger partial charge in [0.2, 0.25) is 0 Å². The lowest BCUT2D eigenvalue weighted by atomic mass is 10.0. The van der Waals surface area contributed by atoms with E-state index in [1.54, 1.807) is 12.4 Å². The summed E-state index contributed by atoms with van der Waals surface area (Å²) in [6.07, 6.45) is 3.45. The van der Waals surface area contributed by atoms with Crippen LogP contribution in [0.4, 0.5) is 0 Å². The van der Waals surface area contributed by atoms with Crippen LogP contribution in [-0.4, -0.2) is 10.7 Å². The Morgan fingerprint density at radius 3 is 2.06 bits per heavy atom. The summed E-state index contributed by atoms with van der Waals surface area (Å²) >= 11 is 0. The van der Waals surface area contributed by atoms with Crippen molar-refractivity contribution in [2.75, 3.05) is 0 Å². The molecule has 1 heterocycles. The van der Waals surface area contributed by atoms with Gasteiger partial charge in [0, 0.05) is 23.5 Å². The largest absolute Gasteiger partial charge is 0.323 e. The number of nitrogens with zero attached hydrogens (tertiary/aromatic N) is 2. The van der Waals surface area contributed by atoms with Crippen LogP contribution < -0.4 is 5.84 Å². The molecule has 4 heteroatoms. The predicted octanol–water partition coefficient (Wildman–Crippen LogP) is 2.21. The molecule has 3 nitrogen and oxygen atoms in total. The zero-order chi connectivity index (χ0) is 10.5. The van der Waals surface area contributed by atoms with E-state index in [0.29, 0.717) is 0 Å². The summed E-state index contributed by atoms with van der Waals surface area (Å²) < 4.78 is 0. The molecule has 0 radical (unpaired) electrons. The number of pyridine rings is 1. The quantitative estimate of drug-likeness (QED) is 0.491. The molecular weight excluding hydrogens is 222 g/mol. The molecule has 1 aromatic heterocycles. The van der Waals surface area contributed by atoms with Crippen LogP contribution in [0.15, 0.2) is 60.0 Å². The molecule has 16 heavy (non-hydrogen) atoms. The van der Waals surface area contributed by atoms with Gasteiger partial charge in [-0.1, -0.05) is 30.3 Å². The standard InChI is InChI=1S/C12H11N3.ClH/c13-15-12(10-4-2-1-3-5-10)11-6-8-14-9-7-11;/h1-9H,13H2;1H. The van der Waals surface area contributed by atoms with Crippen LogP contribution in [0.1, 0.15) is 11.1 Å². The molecule has 0 saturated carbocycles. The maximum atomic E-state index is 5.40. The molecule has 0 aliphatic heterocycles. The number of benzene rings is 1. The molecule has 82 valence electrons. The van der Waals surface area contributed by atoms with E-state index >= 15 is 0 Å². The van der Waals surface area contributed by atoms with Crippen molar-refractivity contribution >= 4 is 18.1 Å². The van der Waals surface area contributed by atoms with Gasteiger partial charge in [-0.15, -0.1) is 12.4 Å². The first-order chi connectivity index (χ1) is 7.42. The van der Waals surface area contributed by atoms with Gasteiger partial charge in [-0.3, -0.25) is 4.98 Å².